The van der Waals surface area contributed by atoms with E-state index >= 15 is 0 Å². The van der Waals surface area contributed by atoms with Crippen LogP contribution in [0.1, 0.15) is 302 Å². The molecule has 1 saturated carbocycles. The van der Waals surface area contributed by atoms with Gasteiger partial charge in [-0.05, 0) is 160 Å². The zero-order chi connectivity index (χ0) is 88.4. The minimum Gasteiger partial charge on any atom is -0.497 e. The number of likely N-dealkylation sites (tertiary alicyclic amines) is 1. The van der Waals surface area contributed by atoms with E-state index in [1.165, 1.54) is 75.5 Å². The average molecular weight is 1650 g/mol. The lowest BCUT2D eigenvalue weighted by molar-refractivity contribution is -0.192. The Bertz CT molecular complexity index is 4120. The van der Waals surface area contributed by atoms with E-state index in [1.54, 1.807) is 32.3 Å². The smallest absolute Gasteiger partial charge is 0.411 e. The number of sulfonamides is 1. The van der Waals surface area contributed by atoms with Crippen LogP contribution in [0.4, 0.5) is 26.3 Å². The molecular formula is C92H143F6N7O8S2. The molecule has 115 heavy (non-hydrogen) atoms. The highest BCUT2D eigenvalue weighted by Gasteiger charge is 2.46. The summed E-state index contributed by atoms with van der Waals surface area (Å²) in [6, 6.07) is 24.8. The lowest BCUT2D eigenvalue weighted by Gasteiger charge is -2.27. The molecule has 23 heteroatoms. The molecule has 0 radical (unpaired) electrons. The number of hydrogen-bond acceptors (Lipinski definition) is 13. The maximum Gasteiger partial charge on any atom is 0.411 e. The molecule has 0 spiro atoms. The van der Waals surface area contributed by atoms with Crippen LogP contribution >= 0.6 is 11.3 Å². The van der Waals surface area contributed by atoms with Crippen LogP contribution in [-0.4, -0.2) is 88.7 Å². The predicted octanol–water partition coefficient (Wildman–Crippen LogP) is 24.8. The number of nitrogens with zero attached hydrogens (tertiary/aromatic N) is 6. The Morgan fingerprint density at radius 1 is 0.643 bits per heavy atom. The van der Waals surface area contributed by atoms with Crippen LogP contribution in [0.25, 0.3) is 0 Å². The summed E-state index contributed by atoms with van der Waals surface area (Å²) in [5, 5.41) is 11.6. The van der Waals surface area contributed by atoms with Crippen molar-refractivity contribution in [2.75, 3.05) is 20.3 Å². The van der Waals surface area contributed by atoms with Gasteiger partial charge in [-0.15, -0.1) is 11.3 Å². The number of halogens is 6. The molecule has 1 saturated heterocycles. The molecule has 2 fully saturated rings. The molecule has 1 aliphatic heterocycles. The Morgan fingerprint density at radius 3 is 1.66 bits per heavy atom. The third kappa shape index (κ3) is 43.4. The first kappa shape index (κ1) is 104. The summed E-state index contributed by atoms with van der Waals surface area (Å²) in [5.74, 6) is 3.10. The second-order valence-corrected chi connectivity index (χ2v) is 42.4. The van der Waals surface area contributed by atoms with Gasteiger partial charge in [-0.1, -0.05) is 248 Å². The average Bonchev–Trinajstić information content (AvgIpc) is 1.56. The Hall–Kier alpha value is -6.95. The number of imide groups is 1. The van der Waals surface area contributed by atoms with Gasteiger partial charge in [-0.3, -0.25) is 19.2 Å². The number of aromatic nitrogens is 5. The topological polar surface area (TPSA) is 181 Å². The number of ether oxygens (including phenoxy) is 3. The lowest BCUT2D eigenvalue weighted by atomic mass is 9.87. The first-order valence-corrected chi connectivity index (χ1v) is 42.5. The summed E-state index contributed by atoms with van der Waals surface area (Å²) in [6.07, 6.45) is 6.98. The van der Waals surface area contributed by atoms with Gasteiger partial charge in [0.15, 0.2) is 17.4 Å². The second kappa shape index (κ2) is 44.7. The molecule has 1 aliphatic carbocycles. The van der Waals surface area contributed by atoms with Gasteiger partial charge < -0.3 is 18.7 Å². The van der Waals surface area contributed by atoms with E-state index in [-0.39, 0.29) is 56.3 Å². The zero-order valence-electron chi connectivity index (χ0n) is 75.7. The number of aryl methyl sites for hydroxylation is 2. The van der Waals surface area contributed by atoms with Crippen LogP contribution in [0.5, 0.6) is 11.5 Å². The first-order chi connectivity index (χ1) is 52.3. The monoisotopic (exact) mass is 1650 g/mol. The van der Waals surface area contributed by atoms with Crippen LogP contribution in [0, 0.1) is 61.3 Å². The van der Waals surface area contributed by atoms with Crippen molar-refractivity contribution in [2.45, 2.75) is 312 Å². The van der Waals surface area contributed by atoms with Crippen LogP contribution in [0.15, 0.2) is 118 Å². The van der Waals surface area contributed by atoms with E-state index in [0.29, 0.717) is 59.5 Å². The molecule has 648 valence electrons. The van der Waals surface area contributed by atoms with Gasteiger partial charge in [-0.2, -0.15) is 23.3 Å². The van der Waals surface area contributed by atoms with Gasteiger partial charge >= 0.3 is 6.18 Å². The van der Waals surface area contributed by atoms with Crippen molar-refractivity contribution in [1.82, 2.24) is 34.5 Å². The number of benzene rings is 4. The summed E-state index contributed by atoms with van der Waals surface area (Å²) >= 11 is 1.79. The molecule has 3 unspecified atom stereocenters. The molecule has 4 atom stereocenters. The van der Waals surface area contributed by atoms with Gasteiger partial charge in [0.2, 0.25) is 27.7 Å². The predicted molar refractivity (Wildman–Crippen MR) is 458 cm³/mol. The number of hydrogen-bond donors (Lipinski definition) is 1. The van der Waals surface area contributed by atoms with Crippen LogP contribution in [0.2, 0.25) is 0 Å². The molecule has 2 amide bonds. The summed E-state index contributed by atoms with van der Waals surface area (Å²) in [5.41, 5.74) is 7.42. The van der Waals surface area contributed by atoms with Crippen LogP contribution in [-0.2, 0) is 62.6 Å². The third-order valence-electron chi connectivity index (χ3n) is 18.4. The molecule has 15 nitrogen and oxygen atoms in total. The molecule has 4 aromatic carbocycles. The van der Waals surface area contributed by atoms with Crippen molar-refractivity contribution in [3.05, 3.63) is 171 Å². The normalized spacial score (nSPS) is 15.3. The number of methoxy groups -OCH3 is 1. The third-order valence-corrected chi connectivity index (χ3v) is 21.1. The van der Waals surface area contributed by atoms with Gasteiger partial charge in [0.05, 0.1) is 43.3 Å². The van der Waals surface area contributed by atoms with E-state index in [0.717, 1.165) is 72.7 Å². The van der Waals surface area contributed by atoms with Crippen molar-refractivity contribution >= 4 is 33.2 Å². The number of nitrogens with one attached hydrogen (secondary N) is 1. The number of rotatable bonds is 18. The molecule has 0 bridgehead atoms. The van der Waals surface area contributed by atoms with Gasteiger partial charge in [0.1, 0.15) is 28.9 Å². The molecule has 1 N–H and O–H groups in total. The van der Waals surface area contributed by atoms with Crippen molar-refractivity contribution < 1.29 is 63.1 Å². The van der Waals surface area contributed by atoms with Crippen molar-refractivity contribution in [1.29, 1.82) is 0 Å². The number of amides is 2. The highest BCUT2D eigenvalue weighted by atomic mass is 32.2. The Balaban J connectivity index is 0.000000447. The molecule has 4 heterocycles. The molecule has 3 aromatic heterocycles. The van der Waals surface area contributed by atoms with Crippen molar-refractivity contribution in [3.8, 4) is 11.5 Å². The molecule has 7 aromatic rings. The summed E-state index contributed by atoms with van der Waals surface area (Å²) in [6.45, 7) is 62.5. The van der Waals surface area contributed by atoms with E-state index in [1.807, 2.05) is 105 Å². The van der Waals surface area contributed by atoms with E-state index in [4.69, 9.17) is 14.0 Å². The molecular weight excluding hydrogens is 1510 g/mol. The molecule has 9 rings (SSSR count). The Kier molecular flexibility index (Phi) is 40.5. The van der Waals surface area contributed by atoms with E-state index in [9.17, 15) is 44.3 Å². The molecule has 2 aliphatic rings. The van der Waals surface area contributed by atoms with Crippen LogP contribution in [0.3, 0.4) is 0 Å². The van der Waals surface area contributed by atoms with Crippen molar-refractivity contribution in [2.24, 2.45) is 50.9 Å². The Labute approximate surface area is 692 Å². The fourth-order valence-corrected chi connectivity index (χ4v) is 13.1. The largest absolute Gasteiger partial charge is 0.497 e. The number of alkyl halides is 3. The lowest BCUT2D eigenvalue weighted by Crippen LogP contribution is -2.41. The zero-order valence-corrected chi connectivity index (χ0v) is 77.3. The number of carbonyl (C=O) groups excluding carboxylic acids is 2. The minimum atomic E-state index is -4.22. The van der Waals surface area contributed by atoms with Gasteiger partial charge in [0, 0.05) is 61.8 Å². The maximum absolute atomic E-state index is 13.4. The summed E-state index contributed by atoms with van der Waals surface area (Å²) < 4.78 is 123. The number of thiazole rings is 1. The maximum atomic E-state index is 13.4. The highest BCUT2D eigenvalue weighted by molar-refractivity contribution is 7.89. The van der Waals surface area contributed by atoms with Crippen LogP contribution < -0.4 is 14.2 Å². The van der Waals surface area contributed by atoms with E-state index < -0.39 is 40.3 Å². The SMILES string of the molecule is CC(C)(C)COc1ccc(F)cc1F.CC(C)(C)c1ccc(CN2C(=O)CCC2=O)cc1.CC(C)c1nc(CC(C)(C)C)cs1.CC(C)c1noc(CCCC(C)(C)C)n1.CC(OCC(F)(F)F)C(C)(C)C.COc1cccc(CC(C)(C)C)c1.C[C@H](NS(=O)(=O)c1ccccc1F)C(C)(C)C.Cn1cc(C2CC2C(C)(C)C)cn1. The fraction of sp³-hybridized carbons (Fsp3) is 0.630. The second-order valence-electron chi connectivity index (χ2n) is 39.9. The highest BCUT2D eigenvalue weighted by Crippen LogP contribution is 2.56. The van der Waals surface area contributed by atoms with Gasteiger partial charge in [-0.25, -0.2) is 31.3 Å². The summed E-state index contributed by atoms with van der Waals surface area (Å²) in [7, 11) is -0.110. The Morgan fingerprint density at radius 2 is 1.23 bits per heavy atom. The minimum absolute atomic E-state index is 0.0408. The standard InChI is InChI=1S/C15H19NO2.C12H18FNO2S.C12H22N2O.C12H18O.C11H14F2O.C11H18N2.C11H19NS.C8H15F3O/c1-15(2,3)12-6-4-11(5-7-12)10-16-13(17)8-9-14(16)18;1-9(12(2,3)4)14-17(15,16)11-8-6-5-7-10(11)13;1-9(2)11-13-10(15-14-11)7-6-8-12(3,4)5;1-12(2,3)9-10-6-5-7-11(8-10)13-4;1-11(2,3)7-14-10-5-4-8(12)6-9(10)13;1-11(2,3)10-5-9(10)8-6-12-13(4)7-8;1-8(2)10-12-9(7-13-10)6-11(3,4)5;1-6(7(2,3)4)12-5-8(9,10)11/h4-7H,8-10H2,1-3H3;5-9,14H,1-4H3;9H,6-8H2,1-5H3;5-8H,9H2,1-4H3;4-6H,7H2,1-3H3;6-7,9-10H,5H2,1-4H3;7-8H,6H2,1-5H3;6H,5H2,1-4H3/t;9-;;;;;;/m.0....../s1. The van der Waals surface area contributed by atoms with E-state index in [2.05, 4.69) is 197 Å². The fourth-order valence-electron chi connectivity index (χ4n) is 10.7. The van der Waals surface area contributed by atoms with Crippen molar-refractivity contribution in [3.63, 3.8) is 0 Å². The first-order valence-electron chi connectivity index (χ1n) is 40.1. The number of carbonyl (C=O) groups is 2. The van der Waals surface area contributed by atoms with Gasteiger partial charge in [0.25, 0.3) is 0 Å². The summed E-state index contributed by atoms with van der Waals surface area (Å²) in [4.78, 5) is 33.0. The quantitative estimate of drug-likeness (QED) is 0.0635.